The normalized spacial score (nSPS) is 20.9. The second-order valence-corrected chi connectivity index (χ2v) is 6.35. The molecule has 2 heterocycles. The fourth-order valence-electron chi connectivity index (χ4n) is 2.24. The fraction of sp³-hybridized carbons (Fsp3) is 0.615. The summed E-state index contributed by atoms with van der Waals surface area (Å²) in [5.41, 5.74) is 0.921. The molecule has 0 aromatic carbocycles. The highest BCUT2D eigenvalue weighted by atomic mass is 32.1. The van der Waals surface area contributed by atoms with Crippen LogP contribution in [0.15, 0.2) is 0 Å². The van der Waals surface area contributed by atoms with Crippen molar-refractivity contribution in [2.75, 3.05) is 18.4 Å². The Balaban J connectivity index is 1.94. The van der Waals surface area contributed by atoms with Gasteiger partial charge >= 0.3 is 5.97 Å². The molecule has 1 aromatic heterocycles. The van der Waals surface area contributed by atoms with Gasteiger partial charge in [0.25, 0.3) is 0 Å². The molecular weight excluding hydrogens is 278 g/mol. The highest BCUT2D eigenvalue weighted by molar-refractivity contribution is 7.15. The molecule has 1 amide bonds. The molecular formula is C13H19N3O3S. The van der Waals surface area contributed by atoms with Crippen LogP contribution in [-0.2, 0) is 9.59 Å². The molecule has 0 spiro atoms. The highest BCUT2D eigenvalue weighted by Crippen LogP contribution is 2.23. The Morgan fingerprint density at radius 1 is 1.50 bits per heavy atom. The smallest absolute Gasteiger partial charge is 0.307 e. The number of anilines is 1. The van der Waals surface area contributed by atoms with Gasteiger partial charge in [0.2, 0.25) is 5.91 Å². The van der Waals surface area contributed by atoms with Gasteiger partial charge in [-0.25, -0.2) is 4.98 Å². The zero-order chi connectivity index (χ0) is 14.9. The van der Waals surface area contributed by atoms with Crippen LogP contribution >= 0.6 is 11.3 Å². The third kappa shape index (κ3) is 3.16. The second kappa shape index (κ2) is 5.88. The Bertz CT molecular complexity index is 509. The molecule has 0 bridgehead atoms. The van der Waals surface area contributed by atoms with Gasteiger partial charge in [-0.05, 0) is 33.7 Å². The van der Waals surface area contributed by atoms with Gasteiger partial charge in [0.05, 0.1) is 17.7 Å². The van der Waals surface area contributed by atoms with Crippen molar-refractivity contribution in [2.45, 2.75) is 33.2 Å². The molecule has 2 rings (SSSR count). The average Bonchev–Trinajstić information content (AvgIpc) is 2.96. The molecule has 7 heteroatoms. The lowest BCUT2D eigenvalue weighted by Gasteiger charge is -2.22. The predicted molar refractivity (Wildman–Crippen MR) is 77.0 cm³/mol. The average molecular weight is 297 g/mol. The number of nitrogens with one attached hydrogen (secondary N) is 1. The number of amides is 1. The first-order chi connectivity index (χ1) is 9.38. The molecule has 1 saturated heterocycles. The summed E-state index contributed by atoms with van der Waals surface area (Å²) in [5, 5.41) is 12.4. The van der Waals surface area contributed by atoms with Crippen molar-refractivity contribution in [3.8, 4) is 0 Å². The van der Waals surface area contributed by atoms with E-state index in [9.17, 15) is 9.59 Å². The van der Waals surface area contributed by atoms with Gasteiger partial charge in [0.15, 0.2) is 5.13 Å². The number of rotatable bonds is 4. The zero-order valence-electron chi connectivity index (χ0n) is 11.8. The number of carbonyl (C=O) groups is 2. The molecule has 110 valence electrons. The monoisotopic (exact) mass is 297 g/mol. The topological polar surface area (TPSA) is 82.5 Å². The summed E-state index contributed by atoms with van der Waals surface area (Å²) in [7, 11) is 0. The van der Waals surface area contributed by atoms with Gasteiger partial charge in [-0.15, -0.1) is 11.3 Å². The summed E-state index contributed by atoms with van der Waals surface area (Å²) < 4.78 is 0. The van der Waals surface area contributed by atoms with E-state index in [2.05, 4.69) is 10.3 Å². The Morgan fingerprint density at radius 2 is 2.20 bits per heavy atom. The molecule has 1 aliphatic heterocycles. The molecule has 0 saturated carbocycles. The SMILES string of the molecule is Cc1nc(NC(=O)C(C)N2CCC(C(=O)O)C2)sc1C. The Labute approximate surface area is 121 Å². The Hall–Kier alpha value is -1.47. The lowest BCUT2D eigenvalue weighted by Crippen LogP contribution is -2.41. The minimum absolute atomic E-state index is 0.134. The van der Waals surface area contributed by atoms with Crippen molar-refractivity contribution in [3.63, 3.8) is 0 Å². The van der Waals surface area contributed by atoms with Crippen LogP contribution in [0, 0.1) is 19.8 Å². The first-order valence-electron chi connectivity index (χ1n) is 6.60. The van der Waals surface area contributed by atoms with E-state index < -0.39 is 5.97 Å². The van der Waals surface area contributed by atoms with Gasteiger partial charge < -0.3 is 10.4 Å². The van der Waals surface area contributed by atoms with Gasteiger partial charge in [0, 0.05) is 11.4 Å². The maximum atomic E-state index is 12.2. The van der Waals surface area contributed by atoms with Crippen LogP contribution in [0.3, 0.4) is 0 Å². The third-order valence-electron chi connectivity index (χ3n) is 3.75. The quantitative estimate of drug-likeness (QED) is 0.880. The third-order valence-corrected chi connectivity index (χ3v) is 4.74. The molecule has 0 radical (unpaired) electrons. The molecule has 2 atom stereocenters. The van der Waals surface area contributed by atoms with Crippen LogP contribution in [0.4, 0.5) is 5.13 Å². The van der Waals surface area contributed by atoms with Crippen LogP contribution in [0.1, 0.15) is 23.9 Å². The second-order valence-electron chi connectivity index (χ2n) is 5.14. The number of aryl methyl sites for hydroxylation is 2. The summed E-state index contributed by atoms with van der Waals surface area (Å²) >= 11 is 1.45. The maximum Gasteiger partial charge on any atom is 0.307 e. The number of carboxylic acids is 1. The van der Waals surface area contributed by atoms with Crippen LogP contribution in [-0.4, -0.2) is 46.0 Å². The summed E-state index contributed by atoms with van der Waals surface area (Å²) in [6.45, 7) is 6.74. The molecule has 20 heavy (non-hydrogen) atoms. The maximum absolute atomic E-state index is 12.2. The molecule has 0 aliphatic carbocycles. The Morgan fingerprint density at radius 3 is 2.70 bits per heavy atom. The molecule has 1 fully saturated rings. The van der Waals surface area contributed by atoms with Gasteiger partial charge in [-0.2, -0.15) is 0 Å². The van der Waals surface area contributed by atoms with E-state index in [-0.39, 0.29) is 17.9 Å². The van der Waals surface area contributed by atoms with E-state index in [1.165, 1.54) is 11.3 Å². The van der Waals surface area contributed by atoms with E-state index >= 15 is 0 Å². The van der Waals surface area contributed by atoms with Crippen molar-refractivity contribution in [1.29, 1.82) is 0 Å². The number of carboxylic acid groups (broad SMARTS) is 1. The lowest BCUT2D eigenvalue weighted by molar-refractivity contribution is -0.141. The van der Waals surface area contributed by atoms with E-state index in [4.69, 9.17) is 5.11 Å². The Kier molecular flexibility index (Phi) is 4.39. The number of likely N-dealkylation sites (tertiary alicyclic amines) is 1. The van der Waals surface area contributed by atoms with Crippen LogP contribution in [0.2, 0.25) is 0 Å². The van der Waals surface area contributed by atoms with Crippen LogP contribution in [0.5, 0.6) is 0 Å². The van der Waals surface area contributed by atoms with E-state index in [1.807, 2.05) is 18.7 Å². The largest absolute Gasteiger partial charge is 0.481 e. The van der Waals surface area contributed by atoms with Gasteiger partial charge in [-0.3, -0.25) is 14.5 Å². The number of aliphatic carboxylic acids is 1. The summed E-state index contributed by atoms with van der Waals surface area (Å²) in [4.78, 5) is 30.4. The number of hydrogen-bond donors (Lipinski definition) is 2. The molecule has 1 aliphatic rings. The zero-order valence-corrected chi connectivity index (χ0v) is 12.7. The first kappa shape index (κ1) is 14.9. The van der Waals surface area contributed by atoms with Crippen LogP contribution in [0.25, 0.3) is 0 Å². The minimum Gasteiger partial charge on any atom is -0.481 e. The van der Waals surface area contributed by atoms with Crippen molar-refractivity contribution >= 4 is 28.3 Å². The number of aromatic nitrogens is 1. The summed E-state index contributed by atoms with van der Waals surface area (Å²) in [6, 6.07) is -0.344. The molecule has 2 N–H and O–H groups in total. The van der Waals surface area contributed by atoms with E-state index in [0.717, 1.165) is 10.6 Å². The number of carbonyl (C=O) groups excluding carboxylic acids is 1. The van der Waals surface area contributed by atoms with Crippen molar-refractivity contribution < 1.29 is 14.7 Å². The van der Waals surface area contributed by atoms with Crippen molar-refractivity contribution in [2.24, 2.45) is 5.92 Å². The number of thiazole rings is 1. The lowest BCUT2D eigenvalue weighted by atomic mass is 10.1. The predicted octanol–water partition coefficient (Wildman–Crippen LogP) is 1.49. The summed E-state index contributed by atoms with van der Waals surface area (Å²) in [6.07, 6.45) is 0.600. The minimum atomic E-state index is -0.786. The van der Waals surface area contributed by atoms with Crippen molar-refractivity contribution in [1.82, 2.24) is 9.88 Å². The standard InChI is InChI=1S/C13H19N3O3S/c1-7-9(3)20-13(14-7)15-11(17)8(2)16-5-4-10(6-16)12(18)19/h8,10H,4-6H2,1-3H3,(H,18,19)(H,14,15,17). The van der Waals surface area contributed by atoms with Crippen molar-refractivity contribution in [3.05, 3.63) is 10.6 Å². The molecule has 6 nitrogen and oxygen atoms in total. The van der Waals surface area contributed by atoms with Gasteiger partial charge in [-0.1, -0.05) is 0 Å². The van der Waals surface area contributed by atoms with Gasteiger partial charge in [0.1, 0.15) is 0 Å². The number of nitrogens with zero attached hydrogens (tertiary/aromatic N) is 2. The van der Waals surface area contributed by atoms with Crippen LogP contribution < -0.4 is 5.32 Å². The highest BCUT2D eigenvalue weighted by Gasteiger charge is 2.33. The molecule has 2 unspecified atom stereocenters. The first-order valence-corrected chi connectivity index (χ1v) is 7.42. The number of hydrogen-bond acceptors (Lipinski definition) is 5. The fourth-order valence-corrected chi connectivity index (χ4v) is 3.06. The van der Waals surface area contributed by atoms with E-state index in [0.29, 0.717) is 24.6 Å². The molecule has 1 aromatic rings. The van der Waals surface area contributed by atoms with E-state index in [1.54, 1.807) is 6.92 Å². The summed E-state index contributed by atoms with van der Waals surface area (Å²) in [5.74, 6) is -1.29.